The normalized spacial score (nSPS) is 26.5. The number of rotatable bonds is 4. The van der Waals surface area contributed by atoms with Crippen molar-refractivity contribution in [2.24, 2.45) is 5.92 Å². The number of alkyl halides is 3. The van der Waals surface area contributed by atoms with E-state index in [9.17, 15) is 22.8 Å². The molecule has 2 aliphatic rings. The molecule has 7 heteroatoms. The average Bonchev–Trinajstić information content (AvgIpc) is 3.21. The summed E-state index contributed by atoms with van der Waals surface area (Å²) in [7, 11) is 0. The molecule has 0 aromatic heterocycles. The second-order valence-electron chi connectivity index (χ2n) is 6.64. The van der Waals surface area contributed by atoms with Gasteiger partial charge in [0.2, 0.25) is 5.91 Å². The topological polar surface area (TPSA) is 66.4 Å². The van der Waals surface area contributed by atoms with Crippen molar-refractivity contribution in [1.29, 1.82) is 0 Å². The summed E-state index contributed by atoms with van der Waals surface area (Å²) in [5.74, 6) is -2.71. The van der Waals surface area contributed by atoms with E-state index in [1.54, 1.807) is 0 Å². The van der Waals surface area contributed by atoms with Gasteiger partial charge >= 0.3 is 12.1 Å². The molecule has 3 atom stereocenters. The van der Waals surface area contributed by atoms with E-state index < -0.39 is 36.4 Å². The van der Waals surface area contributed by atoms with Crippen LogP contribution in [0.2, 0.25) is 0 Å². The zero-order chi connectivity index (χ0) is 17.5. The largest absolute Gasteiger partial charge is 0.480 e. The van der Waals surface area contributed by atoms with Gasteiger partial charge in [0, 0.05) is 11.3 Å². The van der Waals surface area contributed by atoms with E-state index in [4.69, 9.17) is 5.11 Å². The van der Waals surface area contributed by atoms with E-state index in [1.165, 1.54) is 5.56 Å². The van der Waals surface area contributed by atoms with Gasteiger partial charge in [-0.15, -0.1) is 0 Å². The molecule has 0 heterocycles. The highest BCUT2D eigenvalue weighted by Crippen LogP contribution is 2.60. The smallest absolute Gasteiger partial charge is 0.391 e. The average molecular weight is 341 g/mol. The first kappa shape index (κ1) is 16.8. The molecule has 1 saturated carbocycles. The molecule has 0 bridgehead atoms. The van der Waals surface area contributed by atoms with Gasteiger partial charge in [0.15, 0.2) is 0 Å². The van der Waals surface area contributed by atoms with Crippen LogP contribution in [0.1, 0.15) is 36.8 Å². The van der Waals surface area contributed by atoms with Gasteiger partial charge in [-0.05, 0) is 36.8 Å². The Morgan fingerprint density at radius 3 is 2.71 bits per heavy atom. The van der Waals surface area contributed by atoms with Gasteiger partial charge in [0.05, 0.1) is 6.42 Å². The molecule has 130 valence electrons. The number of amides is 1. The highest BCUT2D eigenvalue weighted by molar-refractivity contribution is 5.88. The lowest BCUT2D eigenvalue weighted by Crippen LogP contribution is -2.45. The van der Waals surface area contributed by atoms with Crippen molar-refractivity contribution in [3.8, 4) is 0 Å². The number of carbonyl (C=O) groups excluding carboxylic acids is 1. The number of halogens is 3. The maximum atomic E-state index is 12.5. The Balaban J connectivity index is 1.73. The van der Waals surface area contributed by atoms with Crippen LogP contribution in [0.15, 0.2) is 24.3 Å². The zero-order valence-corrected chi connectivity index (χ0v) is 12.9. The van der Waals surface area contributed by atoms with Crippen LogP contribution in [-0.4, -0.2) is 29.2 Å². The zero-order valence-electron chi connectivity index (χ0n) is 12.9. The maximum Gasteiger partial charge on any atom is 0.391 e. The highest BCUT2D eigenvalue weighted by atomic mass is 19.4. The standard InChI is InChI=1S/C17H18F3NO3/c18-17(19,20)9-13(15(23)24)21-14(22)12-8-16(12)7-3-5-10-4-1-2-6-11(10)16/h1-2,4,6,12-13H,3,5,7-9H2,(H,21,22)(H,23,24). The fourth-order valence-corrected chi connectivity index (χ4v) is 3.88. The van der Waals surface area contributed by atoms with Gasteiger partial charge in [-0.2, -0.15) is 13.2 Å². The predicted molar refractivity (Wildman–Crippen MR) is 79.4 cm³/mol. The molecule has 0 radical (unpaired) electrons. The number of fused-ring (bicyclic) bond motifs is 2. The van der Waals surface area contributed by atoms with E-state index >= 15 is 0 Å². The molecule has 2 N–H and O–H groups in total. The molecule has 1 aromatic rings. The molecule has 24 heavy (non-hydrogen) atoms. The molecule has 0 aliphatic heterocycles. The summed E-state index contributed by atoms with van der Waals surface area (Å²) in [6.07, 6.45) is -2.99. The minimum Gasteiger partial charge on any atom is -0.480 e. The number of nitrogens with one attached hydrogen (secondary N) is 1. The number of aliphatic carboxylic acids is 1. The molecule has 2 aliphatic carbocycles. The van der Waals surface area contributed by atoms with Crippen molar-refractivity contribution < 1.29 is 27.9 Å². The predicted octanol–water partition coefficient (Wildman–Crippen LogP) is 2.80. The van der Waals surface area contributed by atoms with E-state index in [1.807, 2.05) is 24.3 Å². The second-order valence-corrected chi connectivity index (χ2v) is 6.64. The molecule has 0 saturated heterocycles. The van der Waals surface area contributed by atoms with Crippen molar-refractivity contribution in [3.63, 3.8) is 0 Å². The minimum atomic E-state index is -4.64. The van der Waals surface area contributed by atoms with Crippen molar-refractivity contribution in [3.05, 3.63) is 35.4 Å². The SMILES string of the molecule is O=C(O)C(CC(F)(F)F)NC(=O)C1CC12CCCc1ccccc12. The van der Waals surface area contributed by atoms with Gasteiger partial charge in [0.25, 0.3) is 0 Å². The second kappa shape index (κ2) is 5.79. The quantitative estimate of drug-likeness (QED) is 0.885. The van der Waals surface area contributed by atoms with Gasteiger partial charge in [-0.3, -0.25) is 4.79 Å². The maximum absolute atomic E-state index is 12.5. The van der Waals surface area contributed by atoms with Crippen LogP contribution in [0.25, 0.3) is 0 Å². The fourth-order valence-electron chi connectivity index (χ4n) is 3.88. The number of benzene rings is 1. The molecule has 1 amide bonds. The summed E-state index contributed by atoms with van der Waals surface area (Å²) in [5, 5.41) is 11.0. The van der Waals surface area contributed by atoms with Crippen molar-refractivity contribution in [2.75, 3.05) is 0 Å². The van der Waals surface area contributed by atoms with Crippen LogP contribution >= 0.6 is 0 Å². The molecule has 1 fully saturated rings. The van der Waals surface area contributed by atoms with Crippen LogP contribution in [0.4, 0.5) is 13.2 Å². The molecule has 4 nitrogen and oxygen atoms in total. The summed E-state index contributed by atoms with van der Waals surface area (Å²) in [6, 6.07) is 5.86. The fraction of sp³-hybridized carbons (Fsp3) is 0.529. The number of carboxylic acids is 1. The lowest BCUT2D eigenvalue weighted by Gasteiger charge is -2.26. The minimum absolute atomic E-state index is 0.333. The Labute approximate surface area is 137 Å². The van der Waals surface area contributed by atoms with Crippen LogP contribution in [-0.2, 0) is 21.4 Å². The van der Waals surface area contributed by atoms with Crippen molar-refractivity contribution in [2.45, 2.75) is 49.7 Å². The third kappa shape index (κ3) is 3.12. The molecule has 1 spiro atoms. The molecular formula is C17H18F3NO3. The van der Waals surface area contributed by atoms with Crippen molar-refractivity contribution >= 4 is 11.9 Å². The van der Waals surface area contributed by atoms with E-state index in [0.29, 0.717) is 6.42 Å². The first-order chi connectivity index (χ1) is 11.2. The number of carboxylic acid groups (broad SMARTS) is 1. The Hall–Kier alpha value is -2.05. The number of carbonyl (C=O) groups is 2. The first-order valence-electron chi connectivity index (χ1n) is 7.91. The first-order valence-corrected chi connectivity index (χ1v) is 7.91. The Bertz CT molecular complexity index is 673. The van der Waals surface area contributed by atoms with E-state index in [2.05, 4.69) is 5.32 Å². The van der Waals surface area contributed by atoms with Crippen LogP contribution in [0.5, 0.6) is 0 Å². The highest BCUT2D eigenvalue weighted by Gasteiger charge is 2.60. The van der Waals surface area contributed by atoms with Gasteiger partial charge in [-0.25, -0.2) is 4.79 Å². The van der Waals surface area contributed by atoms with Crippen LogP contribution in [0.3, 0.4) is 0 Å². The van der Waals surface area contributed by atoms with Crippen LogP contribution < -0.4 is 5.32 Å². The molecule has 3 unspecified atom stereocenters. The van der Waals surface area contributed by atoms with Crippen molar-refractivity contribution in [1.82, 2.24) is 5.32 Å². The Morgan fingerprint density at radius 2 is 2.04 bits per heavy atom. The monoisotopic (exact) mass is 341 g/mol. The Morgan fingerprint density at radius 1 is 1.33 bits per heavy atom. The van der Waals surface area contributed by atoms with Gasteiger partial charge in [-0.1, -0.05) is 24.3 Å². The summed E-state index contributed by atoms with van der Waals surface area (Å²) in [4.78, 5) is 23.4. The third-order valence-electron chi connectivity index (χ3n) is 5.06. The van der Waals surface area contributed by atoms with E-state index in [-0.39, 0.29) is 5.41 Å². The van der Waals surface area contributed by atoms with Gasteiger partial charge < -0.3 is 10.4 Å². The summed E-state index contributed by atoms with van der Waals surface area (Å²) < 4.78 is 37.4. The molecular weight excluding hydrogens is 323 g/mol. The lowest BCUT2D eigenvalue weighted by atomic mass is 9.78. The lowest BCUT2D eigenvalue weighted by molar-refractivity contribution is -0.160. The van der Waals surface area contributed by atoms with Gasteiger partial charge in [0.1, 0.15) is 6.04 Å². The number of hydrogen-bond acceptors (Lipinski definition) is 2. The molecule has 3 rings (SSSR count). The third-order valence-corrected chi connectivity index (χ3v) is 5.06. The molecule has 1 aromatic carbocycles. The van der Waals surface area contributed by atoms with Crippen LogP contribution in [0, 0.1) is 5.92 Å². The van der Waals surface area contributed by atoms with E-state index in [0.717, 1.165) is 24.8 Å². The number of hydrogen-bond donors (Lipinski definition) is 2. The summed E-state index contributed by atoms with van der Waals surface area (Å²) in [6.45, 7) is 0. The summed E-state index contributed by atoms with van der Waals surface area (Å²) >= 11 is 0. The Kier molecular flexibility index (Phi) is 4.05. The number of aryl methyl sites for hydroxylation is 1. The summed E-state index contributed by atoms with van der Waals surface area (Å²) in [5.41, 5.74) is 1.92.